The Kier molecular flexibility index (Phi) is 7.60. The SMILES string of the molecule is CCCCOc1c(C)cc(C(=O)C(C)[S+]2CCOCC2)cc1C(C)(C)C. The Hall–Kier alpha value is -1.00. The molecule has 0 aromatic heterocycles. The average Bonchev–Trinajstić information content (AvgIpc) is 2.61. The number of benzene rings is 1. The first kappa shape index (κ1) is 21.3. The van der Waals surface area contributed by atoms with Crippen LogP contribution in [0.25, 0.3) is 0 Å². The predicted molar refractivity (Wildman–Crippen MR) is 112 cm³/mol. The van der Waals surface area contributed by atoms with Crippen molar-refractivity contribution in [2.75, 3.05) is 31.3 Å². The summed E-state index contributed by atoms with van der Waals surface area (Å²) in [5.41, 5.74) is 2.98. The van der Waals surface area contributed by atoms with Crippen molar-refractivity contribution in [2.45, 2.75) is 65.0 Å². The van der Waals surface area contributed by atoms with Gasteiger partial charge >= 0.3 is 0 Å². The van der Waals surface area contributed by atoms with E-state index in [0.29, 0.717) is 0 Å². The van der Waals surface area contributed by atoms with Gasteiger partial charge in [0.05, 0.1) is 19.8 Å². The minimum absolute atomic E-state index is 0.0627. The second kappa shape index (κ2) is 9.27. The number of unbranched alkanes of at least 4 members (excludes halogenated alkanes) is 1. The second-order valence-electron chi connectivity index (χ2n) is 8.19. The molecule has 2 rings (SSSR count). The van der Waals surface area contributed by atoms with Crippen molar-refractivity contribution < 1.29 is 14.3 Å². The van der Waals surface area contributed by atoms with Gasteiger partial charge in [-0.05, 0) is 43.4 Å². The van der Waals surface area contributed by atoms with Crippen molar-refractivity contribution in [1.29, 1.82) is 0 Å². The quantitative estimate of drug-likeness (QED) is 0.392. The lowest BCUT2D eigenvalue weighted by Gasteiger charge is -2.26. The summed E-state index contributed by atoms with van der Waals surface area (Å²) in [4.78, 5) is 13.2. The fraction of sp³-hybridized carbons (Fsp3) is 0.682. The topological polar surface area (TPSA) is 35.5 Å². The number of aryl methyl sites for hydroxylation is 1. The number of ketones is 1. The number of hydrogen-bond acceptors (Lipinski definition) is 3. The summed E-state index contributed by atoms with van der Waals surface area (Å²) in [6.07, 6.45) is 2.16. The summed E-state index contributed by atoms with van der Waals surface area (Å²) in [6, 6.07) is 4.11. The van der Waals surface area contributed by atoms with E-state index in [-0.39, 0.29) is 27.3 Å². The highest BCUT2D eigenvalue weighted by Crippen LogP contribution is 2.36. The van der Waals surface area contributed by atoms with Crippen molar-refractivity contribution in [3.63, 3.8) is 0 Å². The molecule has 1 unspecified atom stereocenters. The average molecular weight is 380 g/mol. The molecule has 0 N–H and O–H groups in total. The third-order valence-corrected chi connectivity index (χ3v) is 7.56. The molecule has 3 nitrogen and oxygen atoms in total. The van der Waals surface area contributed by atoms with Crippen LogP contribution in [0, 0.1) is 6.92 Å². The maximum absolute atomic E-state index is 13.2. The van der Waals surface area contributed by atoms with Gasteiger partial charge in [-0.15, -0.1) is 0 Å². The monoisotopic (exact) mass is 379 g/mol. The molecule has 0 amide bonds. The molecule has 1 aromatic carbocycles. The van der Waals surface area contributed by atoms with Gasteiger partial charge in [0.1, 0.15) is 17.3 Å². The highest BCUT2D eigenvalue weighted by atomic mass is 32.2. The van der Waals surface area contributed by atoms with E-state index in [1.165, 1.54) is 0 Å². The lowest BCUT2D eigenvalue weighted by atomic mass is 9.83. The Morgan fingerprint density at radius 2 is 1.92 bits per heavy atom. The first-order valence-electron chi connectivity index (χ1n) is 9.82. The van der Waals surface area contributed by atoms with Gasteiger partial charge in [-0.1, -0.05) is 34.1 Å². The second-order valence-corrected chi connectivity index (χ2v) is 10.8. The van der Waals surface area contributed by atoms with Gasteiger partial charge in [0.2, 0.25) is 5.78 Å². The van der Waals surface area contributed by atoms with Crippen molar-refractivity contribution >= 4 is 16.7 Å². The molecule has 1 aromatic rings. The van der Waals surface area contributed by atoms with E-state index in [1.807, 2.05) is 6.07 Å². The van der Waals surface area contributed by atoms with Gasteiger partial charge in [0.25, 0.3) is 0 Å². The summed E-state index contributed by atoms with van der Waals surface area (Å²) in [6.45, 7) is 15.2. The summed E-state index contributed by atoms with van der Waals surface area (Å²) in [7, 11) is 0.128. The molecule has 0 radical (unpaired) electrons. The number of Topliss-reactive ketones (excluding diaryl/α,β-unsaturated/α-hetero) is 1. The normalized spacial score (nSPS) is 17.2. The van der Waals surface area contributed by atoms with Crippen LogP contribution in [0.3, 0.4) is 0 Å². The molecule has 26 heavy (non-hydrogen) atoms. The van der Waals surface area contributed by atoms with Gasteiger partial charge in [0.15, 0.2) is 5.25 Å². The van der Waals surface area contributed by atoms with Crippen molar-refractivity contribution in [1.82, 2.24) is 0 Å². The Labute approximate surface area is 162 Å². The van der Waals surface area contributed by atoms with Crippen LogP contribution in [0.5, 0.6) is 5.75 Å². The largest absolute Gasteiger partial charge is 0.493 e. The molecule has 0 saturated carbocycles. The molecule has 1 aliphatic rings. The molecular formula is C22H35O3S+. The number of carbonyl (C=O) groups is 1. The number of ether oxygens (including phenoxy) is 2. The molecule has 0 bridgehead atoms. The smallest absolute Gasteiger partial charge is 0.214 e. The van der Waals surface area contributed by atoms with Crippen LogP contribution >= 0.6 is 0 Å². The third-order valence-electron chi connectivity index (χ3n) is 4.96. The van der Waals surface area contributed by atoms with E-state index in [9.17, 15) is 4.79 Å². The van der Waals surface area contributed by atoms with Crippen LogP contribution < -0.4 is 4.74 Å². The zero-order valence-electron chi connectivity index (χ0n) is 17.3. The number of rotatable bonds is 7. The minimum Gasteiger partial charge on any atom is -0.493 e. The standard InChI is InChI=1S/C22H35O3S/c1-7-8-9-25-21-16(2)14-18(15-19(21)22(4,5)6)20(23)17(3)26-12-10-24-11-13-26/h14-15,17H,7-13H2,1-6H3/q+1. The van der Waals surface area contributed by atoms with E-state index in [1.54, 1.807) is 0 Å². The zero-order chi connectivity index (χ0) is 19.3. The lowest BCUT2D eigenvalue weighted by molar-refractivity contribution is 0.0991. The zero-order valence-corrected chi connectivity index (χ0v) is 18.1. The van der Waals surface area contributed by atoms with E-state index < -0.39 is 0 Å². The highest BCUT2D eigenvalue weighted by Gasteiger charge is 2.35. The minimum atomic E-state index is -0.0627. The van der Waals surface area contributed by atoms with Gasteiger partial charge in [0, 0.05) is 22.0 Å². The number of hydrogen-bond donors (Lipinski definition) is 0. The summed E-state index contributed by atoms with van der Waals surface area (Å²) < 4.78 is 11.6. The maximum atomic E-state index is 13.2. The van der Waals surface area contributed by atoms with Crippen LogP contribution in [0.4, 0.5) is 0 Å². The molecule has 1 aliphatic heterocycles. The summed E-state index contributed by atoms with van der Waals surface area (Å²) in [5, 5.41) is 0.0676. The predicted octanol–water partition coefficient (Wildman–Crippen LogP) is 4.69. The molecule has 1 heterocycles. The molecule has 1 saturated heterocycles. The Morgan fingerprint density at radius 1 is 1.27 bits per heavy atom. The third kappa shape index (κ3) is 5.26. The van der Waals surface area contributed by atoms with Gasteiger partial charge in [-0.3, -0.25) is 4.79 Å². The Balaban J connectivity index is 2.31. The van der Waals surface area contributed by atoms with Gasteiger partial charge in [-0.25, -0.2) is 0 Å². The van der Waals surface area contributed by atoms with E-state index in [0.717, 1.165) is 66.6 Å². The van der Waals surface area contributed by atoms with E-state index in [2.05, 4.69) is 47.6 Å². The van der Waals surface area contributed by atoms with Crippen LogP contribution in [0.1, 0.15) is 68.9 Å². The van der Waals surface area contributed by atoms with Crippen molar-refractivity contribution in [2.24, 2.45) is 0 Å². The fourth-order valence-corrected chi connectivity index (χ4v) is 5.27. The molecule has 1 atom stereocenters. The molecular weight excluding hydrogens is 344 g/mol. The van der Waals surface area contributed by atoms with Crippen LogP contribution in [0.15, 0.2) is 12.1 Å². The first-order chi connectivity index (χ1) is 12.3. The molecule has 0 aliphatic carbocycles. The van der Waals surface area contributed by atoms with E-state index in [4.69, 9.17) is 9.47 Å². The molecule has 146 valence electrons. The Morgan fingerprint density at radius 3 is 2.50 bits per heavy atom. The highest BCUT2D eigenvalue weighted by molar-refractivity contribution is 7.98. The van der Waals surface area contributed by atoms with Crippen LogP contribution in [-0.2, 0) is 21.0 Å². The Bertz CT molecular complexity index is 613. The van der Waals surface area contributed by atoms with Crippen molar-refractivity contribution in [3.05, 3.63) is 28.8 Å². The maximum Gasteiger partial charge on any atom is 0.214 e. The molecule has 1 fully saturated rings. The molecule has 4 heteroatoms. The van der Waals surface area contributed by atoms with Crippen LogP contribution in [-0.4, -0.2) is 42.4 Å². The lowest BCUT2D eigenvalue weighted by Crippen LogP contribution is -2.38. The first-order valence-corrected chi connectivity index (χ1v) is 11.4. The van der Waals surface area contributed by atoms with Gasteiger partial charge in [-0.2, -0.15) is 0 Å². The summed E-state index contributed by atoms with van der Waals surface area (Å²) in [5.74, 6) is 3.25. The van der Waals surface area contributed by atoms with E-state index >= 15 is 0 Å². The summed E-state index contributed by atoms with van der Waals surface area (Å²) >= 11 is 0. The van der Waals surface area contributed by atoms with Crippen LogP contribution in [0.2, 0.25) is 0 Å². The number of carbonyl (C=O) groups excluding carboxylic acids is 1. The fourth-order valence-electron chi connectivity index (χ4n) is 3.26. The van der Waals surface area contributed by atoms with Gasteiger partial charge < -0.3 is 9.47 Å². The van der Waals surface area contributed by atoms with Crippen molar-refractivity contribution in [3.8, 4) is 5.75 Å². The molecule has 0 spiro atoms.